The Kier molecular flexibility index (Phi) is 5.51. The van der Waals surface area contributed by atoms with E-state index >= 15 is 0 Å². The van der Waals surface area contributed by atoms with E-state index in [0.29, 0.717) is 18.5 Å². The zero-order chi connectivity index (χ0) is 14.4. The first kappa shape index (κ1) is 15.2. The Morgan fingerprint density at radius 2 is 1.84 bits per heavy atom. The van der Waals surface area contributed by atoms with Crippen molar-refractivity contribution >= 4 is 11.9 Å². The highest BCUT2D eigenvalue weighted by Gasteiger charge is 2.16. The van der Waals surface area contributed by atoms with Crippen molar-refractivity contribution < 1.29 is 20.4 Å². The van der Waals surface area contributed by atoms with Gasteiger partial charge in [-0.25, -0.2) is 0 Å². The van der Waals surface area contributed by atoms with Gasteiger partial charge in [0.05, 0.1) is 18.6 Å². The van der Waals surface area contributed by atoms with Gasteiger partial charge in [-0.2, -0.15) is 0 Å². The summed E-state index contributed by atoms with van der Waals surface area (Å²) >= 11 is 0. The average molecular weight is 264 g/mol. The lowest BCUT2D eigenvalue weighted by Gasteiger charge is -2.21. The molecule has 0 aromatic heterocycles. The number of carbonyl (C=O) groups excluding carboxylic acids is 2. The van der Waals surface area contributed by atoms with Gasteiger partial charge in [0.25, 0.3) is 5.91 Å². The molecule has 1 aromatic rings. The molecule has 4 N–H and O–H groups in total. The van der Waals surface area contributed by atoms with E-state index in [1.54, 1.807) is 24.3 Å². The van der Waals surface area contributed by atoms with E-state index in [1.165, 1.54) is 0 Å². The number of hydrogen-bond acceptors (Lipinski definition) is 3. The quantitative estimate of drug-likeness (QED) is 0.712. The zero-order valence-corrected chi connectivity index (χ0v) is 11.3. The first-order valence-corrected chi connectivity index (χ1v) is 6.34. The van der Waals surface area contributed by atoms with Crippen LogP contribution in [-0.2, 0) is 11.3 Å². The topological polar surface area (TPSA) is 96.9 Å². The molecule has 5 heteroatoms. The first-order chi connectivity index (χ1) is 8.93. The highest BCUT2D eigenvalue weighted by Crippen LogP contribution is 2.07. The molecule has 0 aliphatic heterocycles. The number of aliphatic carboxylic acids is 1. The second-order valence-electron chi connectivity index (χ2n) is 4.92. The van der Waals surface area contributed by atoms with Crippen molar-refractivity contribution in [2.24, 2.45) is 5.92 Å². The number of benzene rings is 1. The van der Waals surface area contributed by atoms with Crippen LogP contribution in [0.15, 0.2) is 24.3 Å². The summed E-state index contributed by atoms with van der Waals surface area (Å²) in [4.78, 5) is 22.9. The monoisotopic (exact) mass is 264 g/mol. The number of quaternary nitrogens is 1. The summed E-state index contributed by atoms with van der Waals surface area (Å²) in [6, 6.07) is 5.98. The van der Waals surface area contributed by atoms with Gasteiger partial charge in [-0.05, 0) is 24.5 Å². The van der Waals surface area contributed by atoms with Crippen molar-refractivity contribution in [1.82, 2.24) is 5.32 Å². The van der Waals surface area contributed by atoms with Gasteiger partial charge in [0.2, 0.25) is 0 Å². The van der Waals surface area contributed by atoms with E-state index in [4.69, 9.17) is 0 Å². The van der Waals surface area contributed by atoms with Gasteiger partial charge < -0.3 is 21.0 Å². The second kappa shape index (κ2) is 6.89. The summed E-state index contributed by atoms with van der Waals surface area (Å²) in [5.41, 5.74) is 5.21. The molecule has 0 unspecified atom stereocenters. The summed E-state index contributed by atoms with van der Waals surface area (Å²) in [5, 5.41) is 13.5. The molecular formula is C14H20N2O3. The van der Waals surface area contributed by atoms with Crippen LogP contribution < -0.4 is 16.2 Å². The van der Waals surface area contributed by atoms with Crippen molar-refractivity contribution in [3.63, 3.8) is 0 Å². The van der Waals surface area contributed by atoms with E-state index < -0.39 is 17.9 Å². The Balaban J connectivity index is 2.72. The molecule has 0 aliphatic carbocycles. The third-order valence-electron chi connectivity index (χ3n) is 2.80. The number of nitrogens with one attached hydrogen (secondary N) is 1. The van der Waals surface area contributed by atoms with Crippen LogP contribution >= 0.6 is 0 Å². The number of hydrogen-bond donors (Lipinski definition) is 2. The Labute approximate surface area is 112 Å². The van der Waals surface area contributed by atoms with Crippen LogP contribution in [-0.4, -0.2) is 17.9 Å². The van der Waals surface area contributed by atoms with Gasteiger partial charge in [0.15, 0.2) is 0 Å². The normalized spacial score (nSPS) is 12.2. The molecule has 19 heavy (non-hydrogen) atoms. The number of carboxylic acid groups (broad SMARTS) is 1. The Hall–Kier alpha value is -1.88. The fourth-order valence-corrected chi connectivity index (χ4v) is 1.75. The van der Waals surface area contributed by atoms with Crippen molar-refractivity contribution in [2.45, 2.75) is 32.9 Å². The summed E-state index contributed by atoms with van der Waals surface area (Å²) in [6.07, 6.45) is 0.352. The van der Waals surface area contributed by atoms with Gasteiger partial charge in [-0.1, -0.05) is 26.0 Å². The maximum Gasteiger partial charge on any atom is 0.251 e. The van der Waals surface area contributed by atoms with E-state index in [1.807, 2.05) is 13.8 Å². The van der Waals surface area contributed by atoms with Crippen LogP contribution in [0.5, 0.6) is 0 Å². The third kappa shape index (κ3) is 4.71. The summed E-state index contributed by atoms with van der Waals surface area (Å²) in [6.45, 7) is 4.44. The van der Waals surface area contributed by atoms with E-state index in [2.05, 4.69) is 11.1 Å². The predicted octanol–water partition coefficient (Wildman–Crippen LogP) is -0.677. The molecule has 104 valence electrons. The number of rotatable bonds is 6. The predicted molar refractivity (Wildman–Crippen MR) is 68.8 cm³/mol. The Morgan fingerprint density at radius 1 is 1.26 bits per heavy atom. The molecule has 0 bridgehead atoms. The minimum absolute atomic E-state index is 0.164. The van der Waals surface area contributed by atoms with Crippen LogP contribution in [0.2, 0.25) is 0 Å². The SMILES string of the molecule is CC(C)C[C@H](NC(=O)c1ccc(C[NH3+])cc1)C(=O)[O-]. The zero-order valence-electron chi connectivity index (χ0n) is 11.3. The van der Waals surface area contributed by atoms with Gasteiger partial charge in [-0.3, -0.25) is 4.79 Å². The Bertz CT molecular complexity index is 441. The number of carbonyl (C=O) groups is 2. The summed E-state index contributed by atoms with van der Waals surface area (Å²) in [7, 11) is 0. The molecule has 0 radical (unpaired) electrons. The number of carboxylic acids is 1. The lowest BCUT2D eigenvalue weighted by Crippen LogP contribution is -2.48. The van der Waals surface area contributed by atoms with E-state index in [0.717, 1.165) is 5.56 Å². The highest BCUT2D eigenvalue weighted by atomic mass is 16.4. The molecule has 1 atom stereocenters. The van der Waals surface area contributed by atoms with Crippen LogP contribution in [0, 0.1) is 5.92 Å². The largest absolute Gasteiger partial charge is 0.548 e. The molecule has 0 fully saturated rings. The van der Waals surface area contributed by atoms with Crippen molar-refractivity contribution in [3.05, 3.63) is 35.4 Å². The molecule has 5 nitrogen and oxygen atoms in total. The van der Waals surface area contributed by atoms with Crippen LogP contribution in [0.4, 0.5) is 0 Å². The fraction of sp³-hybridized carbons (Fsp3) is 0.429. The van der Waals surface area contributed by atoms with Crippen LogP contribution in [0.25, 0.3) is 0 Å². The molecule has 0 heterocycles. The van der Waals surface area contributed by atoms with Crippen molar-refractivity contribution in [3.8, 4) is 0 Å². The highest BCUT2D eigenvalue weighted by molar-refractivity contribution is 5.96. The van der Waals surface area contributed by atoms with E-state index in [-0.39, 0.29) is 5.92 Å². The number of amides is 1. The molecule has 0 aliphatic rings. The second-order valence-corrected chi connectivity index (χ2v) is 4.92. The fourth-order valence-electron chi connectivity index (χ4n) is 1.75. The first-order valence-electron chi connectivity index (χ1n) is 6.34. The third-order valence-corrected chi connectivity index (χ3v) is 2.80. The molecule has 0 spiro atoms. The van der Waals surface area contributed by atoms with Gasteiger partial charge in [0.1, 0.15) is 0 Å². The minimum atomic E-state index is -1.25. The lowest BCUT2D eigenvalue weighted by molar-refractivity contribution is -0.386. The molecule has 0 saturated heterocycles. The average Bonchev–Trinajstić information content (AvgIpc) is 2.37. The molecule has 1 amide bonds. The van der Waals surface area contributed by atoms with Crippen molar-refractivity contribution in [2.75, 3.05) is 0 Å². The maximum absolute atomic E-state index is 11.9. The van der Waals surface area contributed by atoms with Crippen molar-refractivity contribution in [1.29, 1.82) is 0 Å². The summed E-state index contributed by atoms with van der Waals surface area (Å²) < 4.78 is 0. The summed E-state index contributed by atoms with van der Waals surface area (Å²) in [5.74, 6) is -1.49. The standard InChI is InChI=1S/C14H20N2O3/c1-9(2)7-12(14(18)19)16-13(17)11-5-3-10(8-15)4-6-11/h3-6,9,12H,7-8,15H2,1-2H3,(H,16,17)(H,18,19)/t12-/m0/s1. The van der Waals surface area contributed by atoms with E-state index in [9.17, 15) is 14.7 Å². The van der Waals surface area contributed by atoms with Crippen LogP contribution in [0.1, 0.15) is 36.2 Å². The molecule has 1 aromatic carbocycles. The molecule has 0 saturated carbocycles. The smallest absolute Gasteiger partial charge is 0.251 e. The molecular weight excluding hydrogens is 244 g/mol. The molecule has 1 rings (SSSR count). The Morgan fingerprint density at radius 3 is 2.26 bits per heavy atom. The minimum Gasteiger partial charge on any atom is -0.548 e. The van der Waals surface area contributed by atoms with Gasteiger partial charge >= 0.3 is 0 Å². The van der Waals surface area contributed by atoms with Gasteiger partial charge in [-0.15, -0.1) is 0 Å². The lowest BCUT2D eigenvalue weighted by atomic mass is 10.0. The van der Waals surface area contributed by atoms with Gasteiger partial charge in [0, 0.05) is 11.1 Å². The van der Waals surface area contributed by atoms with Crippen LogP contribution in [0.3, 0.4) is 0 Å². The maximum atomic E-state index is 11.9.